The molecule has 90 valence electrons. The third kappa shape index (κ3) is 9.68. The van der Waals surface area contributed by atoms with Crippen molar-refractivity contribution < 1.29 is 17.9 Å². The van der Waals surface area contributed by atoms with Gasteiger partial charge in [0.2, 0.25) is 0 Å². The van der Waals surface area contributed by atoms with Gasteiger partial charge in [0.25, 0.3) is 0 Å². The highest BCUT2D eigenvalue weighted by Crippen LogP contribution is 1.95. The molecular weight excluding hydrogens is 218 g/mol. The molecule has 0 amide bonds. The minimum atomic E-state index is -2.90. The second-order valence-electron chi connectivity index (χ2n) is 3.61. The lowest BCUT2D eigenvalue weighted by Gasteiger charge is -2.15. The van der Waals surface area contributed by atoms with E-state index in [1.54, 1.807) is 0 Å². The molecule has 0 aromatic carbocycles. The van der Waals surface area contributed by atoms with Gasteiger partial charge in [-0.1, -0.05) is 0 Å². The predicted molar refractivity (Wildman–Crippen MR) is 58.5 cm³/mol. The maximum Gasteiger partial charge on any atom is 0.305 e. The molecule has 0 N–H and O–H groups in total. The Morgan fingerprint density at radius 3 is 2.40 bits per heavy atom. The van der Waals surface area contributed by atoms with Crippen molar-refractivity contribution in [1.29, 1.82) is 0 Å². The Kier molecular flexibility index (Phi) is 6.51. The number of nitrogens with zero attached hydrogens (tertiary/aromatic N) is 1. The van der Waals surface area contributed by atoms with Gasteiger partial charge in [-0.2, -0.15) is 0 Å². The monoisotopic (exact) mass is 237 g/mol. The molecule has 0 aliphatic carbocycles. The summed E-state index contributed by atoms with van der Waals surface area (Å²) in [5.74, 6) is -0.0756. The van der Waals surface area contributed by atoms with Gasteiger partial charge in [-0.05, 0) is 20.0 Å². The Hall–Kier alpha value is -0.620. The standard InChI is InChI=1S/C9H19NO4S/c1-10(7-8-15(3,12)13)6-4-5-9(11)14-2/h4-8H2,1-3H3. The third-order valence-electron chi connectivity index (χ3n) is 1.99. The molecule has 0 unspecified atom stereocenters. The van der Waals surface area contributed by atoms with E-state index in [0.29, 0.717) is 25.9 Å². The number of hydrogen-bond acceptors (Lipinski definition) is 5. The zero-order valence-corrected chi connectivity index (χ0v) is 10.3. The molecule has 6 heteroatoms. The number of hydrogen-bond donors (Lipinski definition) is 0. The maximum absolute atomic E-state index is 10.9. The molecule has 0 saturated heterocycles. The predicted octanol–water partition coefficient (Wildman–Crippen LogP) is -0.0840. The smallest absolute Gasteiger partial charge is 0.305 e. The van der Waals surface area contributed by atoms with E-state index in [-0.39, 0.29) is 11.7 Å². The Morgan fingerprint density at radius 1 is 1.33 bits per heavy atom. The van der Waals surface area contributed by atoms with Gasteiger partial charge in [0.05, 0.1) is 12.9 Å². The van der Waals surface area contributed by atoms with E-state index in [2.05, 4.69) is 4.74 Å². The highest BCUT2D eigenvalue weighted by molar-refractivity contribution is 7.90. The van der Waals surface area contributed by atoms with Crippen LogP contribution in [0, 0.1) is 0 Å². The first-order valence-corrected chi connectivity index (χ1v) is 6.84. The molecule has 0 aliphatic rings. The van der Waals surface area contributed by atoms with Crippen LogP contribution in [0.25, 0.3) is 0 Å². The number of esters is 1. The number of rotatable bonds is 7. The minimum Gasteiger partial charge on any atom is -0.469 e. The first kappa shape index (κ1) is 14.4. The summed E-state index contributed by atoms with van der Waals surface area (Å²) < 4.78 is 26.2. The zero-order chi connectivity index (χ0) is 11.9. The summed E-state index contributed by atoms with van der Waals surface area (Å²) in [6.07, 6.45) is 2.28. The van der Waals surface area contributed by atoms with Crippen molar-refractivity contribution >= 4 is 15.8 Å². The average Bonchev–Trinajstić information content (AvgIpc) is 2.13. The van der Waals surface area contributed by atoms with Gasteiger partial charge in [0, 0.05) is 19.2 Å². The first-order valence-electron chi connectivity index (χ1n) is 4.78. The summed E-state index contributed by atoms with van der Waals surface area (Å²) in [4.78, 5) is 12.7. The van der Waals surface area contributed by atoms with Gasteiger partial charge >= 0.3 is 5.97 Å². The molecule has 0 aromatic rings. The van der Waals surface area contributed by atoms with Crippen LogP contribution in [-0.4, -0.2) is 58.5 Å². The number of sulfone groups is 1. The molecule has 0 aromatic heterocycles. The lowest BCUT2D eigenvalue weighted by atomic mass is 10.3. The van der Waals surface area contributed by atoms with Crippen LogP contribution < -0.4 is 0 Å². The summed E-state index contributed by atoms with van der Waals surface area (Å²) in [5, 5.41) is 0. The number of carbonyl (C=O) groups is 1. The van der Waals surface area contributed by atoms with Crippen LogP contribution in [0.2, 0.25) is 0 Å². The summed E-state index contributed by atoms with van der Waals surface area (Å²) in [5.41, 5.74) is 0. The van der Waals surface area contributed by atoms with E-state index >= 15 is 0 Å². The van der Waals surface area contributed by atoms with E-state index < -0.39 is 9.84 Å². The minimum absolute atomic E-state index is 0.154. The van der Waals surface area contributed by atoms with Crippen molar-refractivity contribution in [3.05, 3.63) is 0 Å². The van der Waals surface area contributed by atoms with Crippen molar-refractivity contribution in [3.63, 3.8) is 0 Å². The molecule has 0 radical (unpaired) electrons. The number of methoxy groups -OCH3 is 1. The van der Waals surface area contributed by atoms with Crippen molar-refractivity contribution in [2.75, 3.05) is 39.3 Å². The van der Waals surface area contributed by atoms with Crippen LogP contribution >= 0.6 is 0 Å². The fourth-order valence-corrected chi connectivity index (χ4v) is 1.67. The van der Waals surface area contributed by atoms with Gasteiger partial charge in [0.1, 0.15) is 9.84 Å². The van der Waals surface area contributed by atoms with Crippen LogP contribution in [0.4, 0.5) is 0 Å². The molecule has 0 rings (SSSR count). The Bertz CT molecular complexity index is 286. The molecule has 0 aliphatic heterocycles. The molecule has 0 bridgehead atoms. The van der Waals surface area contributed by atoms with Crippen molar-refractivity contribution in [1.82, 2.24) is 4.90 Å². The van der Waals surface area contributed by atoms with Crippen molar-refractivity contribution in [2.45, 2.75) is 12.8 Å². The van der Waals surface area contributed by atoms with Gasteiger partial charge < -0.3 is 9.64 Å². The van der Waals surface area contributed by atoms with Crippen LogP contribution in [0.5, 0.6) is 0 Å². The Morgan fingerprint density at radius 2 is 1.93 bits per heavy atom. The van der Waals surface area contributed by atoms with E-state index in [4.69, 9.17) is 0 Å². The highest BCUT2D eigenvalue weighted by atomic mass is 32.2. The summed E-state index contributed by atoms with van der Waals surface area (Å²) in [6.45, 7) is 1.20. The molecular formula is C9H19NO4S. The number of ether oxygens (including phenoxy) is 1. The second-order valence-corrected chi connectivity index (χ2v) is 5.87. The molecule has 0 fully saturated rings. The molecule has 5 nitrogen and oxygen atoms in total. The summed E-state index contributed by atoms with van der Waals surface area (Å²) in [7, 11) is 0.294. The first-order chi connectivity index (χ1) is 6.85. The topological polar surface area (TPSA) is 63.7 Å². The van der Waals surface area contributed by atoms with E-state index in [1.807, 2.05) is 11.9 Å². The zero-order valence-electron chi connectivity index (χ0n) is 9.52. The van der Waals surface area contributed by atoms with Gasteiger partial charge in [-0.15, -0.1) is 0 Å². The summed E-state index contributed by atoms with van der Waals surface area (Å²) in [6, 6.07) is 0. The van der Waals surface area contributed by atoms with Gasteiger partial charge in [-0.3, -0.25) is 4.79 Å². The van der Waals surface area contributed by atoms with Gasteiger partial charge in [-0.25, -0.2) is 8.42 Å². The lowest BCUT2D eigenvalue weighted by Crippen LogP contribution is -2.26. The fourth-order valence-electron chi connectivity index (χ4n) is 1.03. The number of carbonyl (C=O) groups excluding carboxylic acids is 1. The lowest BCUT2D eigenvalue weighted by molar-refractivity contribution is -0.140. The Balaban J connectivity index is 3.58. The molecule has 15 heavy (non-hydrogen) atoms. The summed E-state index contributed by atoms with van der Waals surface area (Å²) >= 11 is 0. The largest absolute Gasteiger partial charge is 0.469 e. The third-order valence-corrected chi connectivity index (χ3v) is 2.92. The van der Waals surface area contributed by atoms with E-state index in [0.717, 1.165) is 0 Å². The molecule has 0 saturated carbocycles. The second kappa shape index (κ2) is 6.79. The van der Waals surface area contributed by atoms with Crippen LogP contribution in [0.3, 0.4) is 0 Å². The SMILES string of the molecule is COC(=O)CCCN(C)CCS(C)(=O)=O. The molecule has 0 heterocycles. The normalized spacial score (nSPS) is 11.7. The van der Waals surface area contributed by atoms with Crippen molar-refractivity contribution in [3.8, 4) is 0 Å². The quantitative estimate of drug-likeness (QED) is 0.579. The maximum atomic E-state index is 10.9. The van der Waals surface area contributed by atoms with Crippen LogP contribution in [-0.2, 0) is 19.4 Å². The molecule has 0 atom stereocenters. The van der Waals surface area contributed by atoms with Crippen LogP contribution in [0.15, 0.2) is 0 Å². The molecule has 0 spiro atoms. The van der Waals surface area contributed by atoms with Crippen LogP contribution in [0.1, 0.15) is 12.8 Å². The Labute approximate surface area is 91.3 Å². The van der Waals surface area contributed by atoms with Gasteiger partial charge in [0.15, 0.2) is 0 Å². The van der Waals surface area contributed by atoms with E-state index in [1.165, 1.54) is 13.4 Å². The highest BCUT2D eigenvalue weighted by Gasteiger charge is 2.06. The fraction of sp³-hybridized carbons (Fsp3) is 0.889. The van der Waals surface area contributed by atoms with E-state index in [9.17, 15) is 13.2 Å². The average molecular weight is 237 g/mol. The van der Waals surface area contributed by atoms with Crippen molar-refractivity contribution in [2.24, 2.45) is 0 Å².